The molecule has 0 aliphatic rings. The highest BCUT2D eigenvalue weighted by atomic mass is 16.6. The molecular formula is C15H13N3O4. The topological polar surface area (TPSA) is 94.4 Å². The van der Waals surface area contributed by atoms with Gasteiger partial charge in [0, 0.05) is 24.3 Å². The van der Waals surface area contributed by atoms with Crippen molar-refractivity contribution in [2.75, 3.05) is 12.4 Å². The van der Waals surface area contributed by atoms with Crippen LogP contribution in [0.25, 0.3) is 6.08 Å². The van der Waals surface area contributed by atoms with Gasteiger partial charge in [0.05, 0.1) is 23.9 Å². The van der Waals surface area contributed by atoms with Crippen LogP contribution in [0.1, 0.15) is 5.56 Å². The molecule has 1 N–H and O–H groups in total. The number of nitrogens with one attached hydrogen (secondary N) is 1. The number of methoxy groups -OCH3 is 1. The van der Waals surface area contributed by atoms with Crippen LogP contribution in [0, 0.1) is 10.1 Å². The Bertz CT molecular complexity index is 711. The normalized spacial score (nSPS) is 10.4. The number of carbonyl (C=O) groups excluding carboxylic acids is 1. The Kier molecular flexibility index (Phi) is 4.81. The molecule has 0 fully saturated rings. The Hall–Kier alpha value is -3.22. The highest BCUT2D eigenvalue weighted by Crippen LogP contribution is 2.14. The summed E-state index contributed by atoms with van der Waals surface area (Å²) in [6, 6.07) is 9.29. The average molecular weight is 299 g/mol. The number of carbonyl (C=O) groups is 1. The minimum atomic E-state index is -0.486. The summed E-state index contributed by atoms with van der Waals surface area (Å²) in [6.45, 7) is 0. The molecule has 2 rings (SSSR count). The van der Waals surface area contributed by atoms with Crippen LogP contribution in [-0.2, 0) is 4.79 Å². The molecule has 0 aliphatic carbocycles. The van der Waals surface area contributed by atoms with E-state index < -0.39 is 4.92 Å². The Labute approximate surface area is 126 Å². The van der Waals surface area contributed by atoms with Crippen molar-refractivity contribution in [3.05, 3.63) is 64.3 Å². The van der Waals surface area contributed by atoms with Crippen molar-refractivity contribution in [1.82, 2.24) is 4.98 Å². The fourth-order valence-corrected chi connectivity index (χ4v) is 1.67. The number of hydrogen-bond donors (Lipinski definition) is 1. The molecule has 0 spiro atoms. The zero-order valence-electron chi connectivity index (χ0n) is 11.7. The number of nitrogens with zero attached hydrogens (tertiary/aromatic N) is 2. The maximum Gasteiger partial charge on any atom is 0.270 e. The van der Waals surface area contributed by atoms with Crippen molar-refractivity contribution in [2.24, 2.45) is 0 Å². The summed E-state index contributed by atoms with van der Waals surface area (Å²) in [4.78, 5) is 25.9. The van der Waals surface area contributed by atoms with Crippen molar-refractivity contribution < 1.29 is 14.5 Å². The Balaban J connectivity index is 2.01. The minimum absolute atomic E-state index is 0.0260. The minimum Gasteiger partial charge on any atom is -0.481 e. The molecule has 7 heteroatoms. The maximum atomic E-state index is 11.8. The van der Waals surface area contributed by atoms with Gasteiger partial charge in [-0.2, -0.15) is 0 Å². The predicted molar refractivity (Wildman–Crippen MR) is 81.5 cm³/mol. The first-order valence-corrected chi connectivity index (χ1v) is 6.32. The van der Waals surface area contributed by atoms with Crippen molar-refractivity contribution in [3.8, 4) is 5.88 Å². The van der Waals surface area contributed by atoms with Gasteiger partial charge in [-0.05, 0) is 17.7 Å². The fourth-order valence-electron chi connectivity index (χ4n) is 1.67. The van der Waals surface area contributed by atoms with Gasteiger partial charge in [-0.3, -0.25) is 14.9 Å². The third-order valence-electron chi connectivity index (χ3n) is 2.72. The number of hydrogen-bond acceptors (Lipinski definition) is 5. The monoisotopic (exact) mass is 299 g/mol. The Morgan fingerprint density at radius 1 is 1.36 bits per heavy atom. The molecule has 2 aromatic rings. The number of non-ortho nitro benzene ring substituents is 1. The third-order valence-corrected chi connectivity index (χ3v) is 2.72. The number of benzene rings is 1. The average Bonchev–Trinajstić information content (AvgIpc) is 2.54. The number of nitro benzene ring substituents is 1. The molecule has 0 saturated carbocycles. The number of anilines is 1. The lowest BCUT2D eigenvalue weighted by Gasteiger charge is -2.02. The van der Waals surface area contributed by atoms with Crippen LogP contribution in [0.3, 0.4) is 0 Å². The molecule has 7 nitrogen and oxygen atoms in total. The highest BCUT2D eigenvalue weighted by Gasteiger charge is 2.04. The molecule has 112 valence electrons. The van der Waals surface area contributed by atoms with Crippen molar-refractivity contribution >= 4 is 23.4 Å². The number of ether oxygens (including phenoxy) is 1. The first-order chi connectivity index (χ1) is 10.6. The number of aromatic nitrogens is 1. The van der Waals surface area contributed by atoms with E-state index in [-0.39, 0.29) is 11.6 Å². The maximum absolute atomic E-state index is 11.8. The van der Waals surface area contributed by atoms with Gasteiger partial charge in [0.2, 0.25) is 11.8 Å². The number of pyridine rings is 1. The van der Waals surface area contributed by atoms with Gasteiger partial charge in [0.15, 0.2) is 0 Å². The van der Waals surface area contributed by atoms with Gasteiger partial charge < -0.3 is 10.1 Å². The Morgan fingerprint density at radius 3 is 2.82 bits per heavy atom. The van der Waals surface area contributed by atoms with Crippen LogP contribution in [0.5, 0.6) is 5.88 Å². The van der Waals surface area contributed by atoms with E-state index in [9.17, 15) is 14.9 Å². The molecule has 0 bridgehead atoms. The quantitative estimate of drug-likeness (QED) is 0.520. The lowest BCUT2D eigenvalue weighted by molar-refractivity contribution is -0.384. The molecule has 0 unspecified atom stereocenters. The molecule has 0 aliphatic heterocycles. The summed E-state index contributed by atoms with van der Waals surface area (Å²) in [5.41, 5.74) is 1.06. The van der Waals surface area contributed by atoms with Crippen LogP contribution in [0.15, 0.2) is 48.7 Å². The first-order valence-electron chi connectivity index (χ1n) is 6.32. The van der Waals surface area contributed by atoms with Gasteiger partial charge in [-0.1, -0.05) is 12.1 Å². The molecule has 1 heterocycles. The van der Waals surface area contributed by atoms with E-state index in [0.717, 1.165) is 0 Å². The van der Waals surface area contributed by atoms with Crippen LogP contribution >= 0.6 is 0 Å². The van der Waals surface area contributed by atoms with Gasteiger partial charge in [-0.15, -0.1) is 0 Å². The van der Waals surface area contributed by atoms with Crippen molar-refractivity contribution in [3.63, 3.8) is 0 Å². The molecule has 1 amide bonds. The fraction of sp³-hybridized carbons (Fsp3) is 0.0667. The molecule has 0 saturated heterocycles. The standard InChI is InChI=1S/C15H13N3O4/c1-22-15-8-6-12(10-16-15)17-14(19)7-5-11-3-2-4-13(9-11)18(20)21/h2-10H,1H3,(H,17,19)/b7-5+. The highest BCUT2D eigenvalue weighted by molar-refractivity contribution is 6.01. The molecule has 0 radical (unpaired) electrons. The lowest BCUT2D eigenvalue weighted by Crippen LogP contribution is -2.07. The number of rotatable bonds is 5. The first kappa shape index (κ1) is 15.2. The summed E-state index contributed by atoms with van der Waals surface area (Å²) in [5, 5.41) is 13.3. The lowest BCUT2D eigenvalue weighted by atomic mass is 10.2. The van der Waals surface area contributed by atoms with E-state index >= 15 is 0 Å². The van der Waals surface area contributed by atoms with Crippen LogP contribution in [0.4, 0.5) is 11.4 Å². The summed E-state index contributed by atoms with van der Waals surface area (Å²) in [5.74, 6) is 0.0867. The van der Waals surface area contributed by atoms with Crippen LogP contribution in [0.2, 0.25) is 0 Å². The SMILES string of the molecule is COc1ccc(NC(=O)/C=C/c2cccc([N+](=O)[O-])c2)cn1. The van der Waals surface area contributed by atoms with Crippen LogP contribution in [-0.4, -0.2) is 22.9 Å². The molecular weight excluding hydrogens is 286 g/mol. The summed E-state index contributed by atoms with van der Waals surface area (Å²) >= 11 is 0. The van der Waals surface area contributed by atoms with E-state index in [1.165, 1.54) is 37.6 Å². The predicted octanol–water partition coefficient (Wildman–Crippen LogP) is 2.65. The van der Waals surface area contributed by atoms with Crippen molar-refractivity contribution in [2.45, 2.75) is 0 Å². The van der Waals surface area contributed by atoms with Gasteiger partial charge in [0.25, 0.3) is 5.69 Å². The second-order valence-electron chi connectivity index (χ2n) is 4.26. The molecule has 1 aromatic heterocycles. The number of amides is 1. The summed E-state index contributed by atoms with van der Waals surface area (Å²) in [7, 11) is 1.50. The second-order valence-corrected chi connectivity index (χ2v) is 4.26. The molecule has 1 aromatic carbocycles. The summed E-state index contributed by atoms with van der Waals surface area (Å²) in [6.07, 6.45) is 4.26. The van der Waals surface area contributed by atoms with Gasteiger partial charge >= 0.3 is 0 Å². The Morgan fingerprint density at radius 2 is 2.18 bits per heavy atom. The van der Waals surface area contributed by atoms with E-state index in [1.807, 2.05) is 0 Å². The van der Waals surface area contributed by atoms with Gasteiger partial charge in [-0.25, -0.2) is 4.98 Å². The third kappa shape index (κ3) is 4.14. The van der Waals surface area contributed by atoms with E-state index in [1.54, 1.807) is 24.3 Å². The zero-order chi connectivity index (χ0) is 15.9. The zero-order valence-corrected chi connectivity index (χ0v) is 11.7. The smallest absolute Gasteiger partial charge is 0.270 e. The number of nitro groups is 1. The van der Waals surface area contributed by atoms with E-state index in [0.29, 0.717) is 17.1 Å². The summed E-state index contributed by atoms with van der Waals surface area (Å²) < 4.78 is 4.92. The van der Waals surface area contributed by atoms with Crippen molar-refractivity contribution in [1.29, 1.82) is 0 Å². The molecule has 22 heavy (non-hydrogen) atoms. The van der Waals surface area contributed by atoms with E-state index in [2.05, 4.69) is 10.3 Å². The largest absolute Gasteiger partial charge is 0.481 e. The van der Waals surface area contributed by atoms with Crippen LogP contribution < -0.4 is 10.1 Å². The van der Waals surface area contributed by atoms with Gasteiger partial charge in [0.1, 0.15) is 0 Å². The second kappa shape index (κ2) is 6.98. The molecule has 0 atom stereocenters. The van der Waals surface area contributed by atoms with E-state index in [4.69, 9.17) is 4.74 Å².